The second-order valence-corrected chi connectivity index (χ2v) is 7.82. The number of rotatable bonds is 5. The monoisotopic (exact) mass is 348 g/mol. The Morgan fingerprint density at radius 3 is 2.40 bits per heavy atom. The number of fused-ring (bicyclic) bond motifs is 1. The highest BCUT2D eigenvalue weighted by Gasteiger charge is 2.49. The number of ketones is 1. The van der Waals surface area contributed by atoms with Crippen LogP contribution in [-0.4, -0.2) is 37.4 Å². The smallest absolute Gasteiger partial charge is 0.171 e. The highest BCUT2D eigenvalue weighted by Crippen LogP contribution is 2.47. The van der Waals surface area contributed by atoms with Crippen LogP contribution in [0.15, 0.2) is 46.5 Å². The summed E-state index contributed by atoms with van der Waals surface area (Å²) in [5.74, 6) is -1.69. The van der Waals surface area contributed by atoms with Crippen LogP contribution in [0.25, 0.3) is 0 Å². The standard InChI is InChI=1S/C20H28O5/c1-11(2)14-10-13-7-6-12(3)15(8-9-16(21)19(4,5)24)20(13,25)18(23)17(14)22/h6-7,10-11,15,22-25H,8-9H2,1-5H3/t15-,20-/m1/s1. The minimum atomic E-state index is -1.76. The van der Waals surface area contributed by atoms with E-state index in [1.54, 1.807) is 12.2 Å². The summed E-state index contributed by atoms with van der Waals surface area (Å²) >= 11 is 0. The predicted molar refractivity (Wildman–Crippen MR) is 96.0 cm³/mol. The van der Waals surface area contributed by atoms with Gasteiger partial charge in [-0.2, -0.15) is 0 Å². The van der Waals surface area contributed by atoms with Crippen molar-refractivity contribution in [2.75, 3.05) is 0 Å². The molecule has 25 heavy (non-hydrogen) atoms. The maximum absolute atomic E-state index is 12.1. The molecule has 2 atom stereocenters. The van der Waals surface area contributed by atoms with Crippen LogP contribution in [0.2, 0.25) is 0 Å². The number of aliphatic hydroxyl groups is 4. The van der Waals surface area contributed by atoms with E-state index in [1.807, 2.05) is 26.8 Å². The van der Waals surface area contributed by atoms with Crippen molar-refractivity contribution in [2.24, 2.45) is 11.8 Å². The zero-order chi connectivity index (χ0) is 19.2. The Morgan fingerprint density at radius 2 is 1.88 bits per heavy atom. The Morgan fingerprint density at radius 1 is 1.28 bits per heavy atom. The van der Waals surface area contributed by atoms with Gasteiger partial charge in [-0.3, -0.25) is 4.79 Å². The Balaban J connectivity index is 2.41. The Bertz CT molecular complexity index is 700. The molecule has 0 aromatic carbocycles. The summed E-state index contributed by atoms with van der Waals surface area (Å²) in [6.45, 7) is 8.46. The first-order valence-corrected chi connectivity index (χ1v) is 8.62. The number of carbonyl (C=O) groups is 1. The van der Waals surface area contributed by atoms with E-state index in [9.17, 15) is 25.2 Å². The van der Waals surface area contributed by atoms with Crippen LogP contribution in [0.4, 0.5) is 0 Å². The van der Waals surface area contributed by atoms with E-state index in [-0.39, 0.29) is 30.3 Å². The fraction of sp³-hybridized carbons (Fsp3) is 0.550. The quantitative estimate of drug-likeness (QED) is 0.611. The molecule has 5 heteroatoms. The lowest BCUT2D eigenvalue weighted by molar-refractivity contribution is -0.134. The first-order valence-electron chi connectivity index (χ1n) is 8.62. The van der Waals surface area contributed by atoms with Gasteiger partial charge in [0.15, 0.2) is 22.9 Å². The van der Waals surface area contributed by atoms with Crippen molar-refractivity contribution in [3.63, 3.8) is 0 Å². The molecule has 0 aromatic heterocycles. The number of aliphatic hydroxyl groups excluding tert-OH is 2. The van der Waals surface area contributed by atoms with Gasteiger partial charge in [-0.1, -0.05) is 31.6 Å². The molecule has 0 bridgehead atoms. The van der Waals surface area contributed by atoms with Crippen molar-refractivity contribution >= 4 is 5.78 Å². The van der Waals surface area contributed by atoms with Gasteiger partial charge in [0.05, 0.1) is 0 Å². The minimum Gasteiger partial charge on any atom is -0.506 e. The third kappa shape index (κ3) is 3.31. The molecule has 0 saturated heterocycles. The van der Waals surface area contributed by atoms with Crippen LogP contribution in [0, 0.1) is 11.8 Å². The number of carbonyl (C=O) groups excluding carboxylic acids is 1. The molecule has 0 aromatic rings. The molecule has 0 unspecified atom stereocenters. The lowest BCUT2D eigenvalue weighted by Crippen LogP contribution is -2.46. The molecule has 0 heterocycles. The predicted octanol–water partition coefficient (Wildman–Crippen LogP) is 3.26. The van der Waals surface area contributed by atoms with Crippen molar-refractivity contribution in [1.82, 2.24) is 0 Å². The molecule has 4 N–H and O–H groups in total. The average molecular weight is 348 g/mol. The van der Waals surface area contributed by atoms with Crippen LogP contribution >= 0.6 is 0 Å². The van der Waals surface area contributed by atoms with Gasteiger partial charge in [0.2, 0.25) is 0 Å². The summed E-state index contributed by atoms with van der Waals surface area (Å²) in [6, 6.07) is 0. The van der Waals surface area contributed by atoms with Gasteiger partial charge in [-0.05, 0) is 44.8 Å². The molecule has 2 aliphatic carbocycles. The third-order valence-electron chi connectivity index (χ3n) is 5.15. The van der Waals surface area contributed by atoms with E-state index in [0.29, 0.717) is 11.1 Å². The van der Waals surface area contributed by atoms with Crippen molar-refractivity contribution < 1.29 is 25.2 Å². The third-order valence-corrected chi connectivity index (χ3v) is 5.15. The first-order chi connectivity index (χ1) is 11.4. The molecule has 5 nitrogen and oxygen atoms in total. The van der Waals surface area contributed by atoms with Crippen molar-refractivity contribution in [3.8, 4) is 0 Å². The van der Waals surface area contributed by atoms with Gasteiger partial charge < -0.3 is 20.4 Å². The zero-order valence-corrected chi connectivity index (χ0v) is 15.5. The van der Waals surface area contributed by atoms with E-state index < -0.39 is 22.9 Å². The lowest BCUT2D eigenvalue weighted by Gasteiger charge is -2.42. The Kier molecular flexibility index (Phi) is 5.04. The SMILES string of the molecule is CC1=CC=C2C=C(C(C)C)C(O)=C(O)[C@]2(O)[C@@H]1CCC(=O)C(C)(C)O. The van der Waals surface area contributed by atoms with Crippen LogP contribution in [0.3, 0.4) is 0 Å². The molecule has 0 fully saturated rings. The summed E-state index contributed by atoms with van der Waals surface area (Å²) in [4.78, 5) is 12.1. The molecule has 0 spiro atoms. The number of hydrogen-bond donors (Lipinski definition) is 4. The van der Waals surface area contributed by atoms with Gasteiger partial charge in [-0.15, -0.1) is 0 Å². The van der Waals surface area contributed by atoms with Crippen LogP contribution in [0.5, 0.6) is 0 Å². The zero-order valence-electron chi connectivity index (χ0n) is 15.5. The molecule has 2 aliphatic rings. The average Bonchev–Trinajstić information content (AvgIpc) is 2.50. The second-order valence-electron chi connectivity index (χ2n) is 7.82. The molecule has 0 radical (unpaired) electrons. The molecular formula is C20H28O5. The van der Waals surface area contributed by atoms with E-state index >= 15 is 0 Å². The van der Waals surface area contributed by atoms with Crippen LogP contribution in [-0.2, 0) is 4.79 Å². The van der Waals surface area contributed by atoms with Crippen molar-refractivity contribution in [3.05, 3.63) is 46.5 Å². The Hall–Kier alpha value is -1.85. The molecule has 0 aliphatic heterocycles. The minimum absolute atomic E-state index is 0.0187. The highest BCUT2D eigenvalue weighted by molar-refractivity contribution is 5.86. The fourth-order valence-corrected chi connectivity index (χ4v) is 3.47. The fourth-order valence-electron chi connectivity index (χ4n) is 3.47. The van der Waals surface area contributed by atoms with Crippen LogP contribution < -0.4 is 0 Å². The molecular weight excluding hydrogens is 320 g/mol. The van der Waals surface area contributed by atoms with Gasteiger partial charge in [0, 0.05) is 17.9 Å². The second kappa shape index (κ2) is 6.46. The number of hydrogen-bond acceptors (Lipinski definition) is 5. The molecule has 0 saturated carbocycles. The molecule has 0 amide bonds. The summed E-state index contributed by atoms with van der Waals surface area (Å²) in [5.41, 5.74) is -1.34. The van der Waals surface area contributed by atoms with Gasteiger partial charge in [0.25, 0.3) is 0 Å². The largest absolute Gasteiger partial charge is 0.506 e. The number of Topliss-reactive ketones (excluding diaryl/α,β-unsaturated/α-hetero) is 1. The van der Waals surface area contributed by atoms with E-state index in [4.69, 9.17) is 0 Å². The topological polar surface area (TPSA) is 98.0 Å². The summed E-state index contributed by atoms with van der Waals surface area (Å²) in [7, 11) is 0. The van der Waals surface area contributed by atoms with E-state index in [1.165, 1.54) is 13.8 Å². The summed E-state index contributed by atoms with van der Waals surface area (Å²) in [5, 5.41) is 42.1. The van der Waals surface area contributed by atoms with Gasteiger partial charge in [-0.25, -0.2) is 0 Å². The molecule has 138 valence electrons. The van der Waals surface area contributed by atoms with E-state index in [2.05, 4.69) is 0 Å². The number of allylic oxidation sites excluding steroid dienone is 3. The lowest BCUT2D eigenvalue weighted by atomic mass is 9.67. The summed E-state index contributed by atoms with van der Waals surface area (Å²) < 4.78 is 0. The van der Waals surface area contributed by atoms with Gasteiger partial charge in [0.1, 0.15) is 5.60 Å². The normalized spacial score (nSPS) is 26.9. The Labute approximate surface area is 148 Å². The first kappa shape index (κ1) is 19.5. The van der Waals surface area contributed by atoms with Crippen LogP contribution in [0.1, 0.15) is 47.5 Å². The highest BCUT2D eigenvalue weighted by atomic mass is 16.4. The van der Waals surface area contributed by atoms with Gasteiger partial charge >= 0.3 is 0 Å². The van der Waals surface area contributed by atoms with E-state index in [0.717, 1.165) is 5.57 Å². The van der Waals surface area contributed by atoms with Crippen molar-refractivity contribution in [1.29, 1.82) is 0 Å². The summed E-state index contributed by atoms with van der Waals surface area (Å²) in [6.07, 6.45) is 5.60. The van der Waals surface area contributed by atoms with Crippen molar-refractivity contribution in [2.45, 2.75) is 58.7 Å². The maximum Gasteiger partial charge on any atom is 0.171 e. The maximum atomic E-state index is 12.1. The molecule has 2 rings (SSSR count).